The number of hydrogen-bond acceptors (Lipinski definition) is 2. The van der Waals surface area contributed by atoms with Gasteiger partial charge in [-0.15, -0.1) is 11.3 Å². The molecule has 2 aromatic heterocycles. The minimum atomic E-state index is 1.13. The number of thiophene rings is 1. The van der Waals surface area contributed by atoms with E-state index in [1.807, 2.05) is 11.3 Å². The van der Waals surface area contributed by atoms with E-state index < -0.39 is 0 Å². The summed E-state index contributed by atoms with van der Waals surface area (Å²) in [5.74, 6) is 0. The van der Waals surface area contributed by atoms with Crippen LogP contribution in [0.5, 0.6) is 0 Å². The molecule has 0 fully saturated rings. The molecule has 11 aromatic rings. The summed E-state index contributed by atoms with van der Waals surface area (Å²) in [6.07, 6.45) is 0. The third-order valence-corrected chi connectivity index (χ3v) is 11.9. The molecule has 0 aliphatic carbocycles. The molecule has 0 atom stereocenters. The maximum Gasteiger partial charge on any atom is 0.0634 e. The highest BCUT2D eigenvalue weighted by Crippen LogP contribution is 2.47. The summed E-state index contributed by atoms with van der Waals surface area (Å²) in [5.41, 5.74) is 9.53. The van der Waals surface area contributed by atoms with Crippen LogP contribution in [0.15, 0.2) is 194 Å². The summed E-state index contributed by atoms with van der Waals surface area (Å²) in [7, 11) is 0. The molecule has 2 heterocycles. The van der Waals surface area contributed by atoms with Crippen molar-refractivity contribution in [3.05, 3.63) is 194 Å². The predicted octanol–water partition coefficient (Wildman–Crippen LogP) is 14.6. The van der Waals surface area contributed by atoms with Gasteiger partial charge in [0.25, 0.3) is 0 Å². The summed E-state index contributed by atoms with van der Waals surface area (Å²) in [4.78, 5) is 2.46. The predicted molar refractivity (Wildman–Crippen MR) is 229 cm³/mol. The lowest BCUT2D eigenvalue weighted by Crippen LogP contribution is -2.11. The number of hydrogen-bond donors (Lipinski definition) is 0. The van der Waals surface area contributed by atoms with Crippen molar-refractivity contribution in [1.82, 2.24) is 4.57 Å². The highest BCUT2D eigenvalue weighted by Gasteiger charge is 2.22. The first-order chi connectivity index (χ1) is 26.3. The van der Waals surface area contributed by atoms with Crippen molar-refractivity contribution in [3.8, 4) is 16.8 Å². The smallest absolute Gasteiger partial charge is 0.0634 e. The first-order valence-corrected chi connectivity index (χ1v) is 18.9. The molecular weight excluding hydrogens is 661 g/mol. The molecule has 0 unspecified atom stereocenters. The van der Waals surface area contributed by atoms with Crippen LogP contribution in [-0.2, 0) is 0 Å². The standard InChI is InChI=1S/C50H32N2S/c1-3-13-33(14-4-1)36-25-28-46-42(31-36)41-27-30-48-49(50(41)52(46)37-19-5-2-6-20-37)43-32-38(26-29-47(43)53-48)51(44-23-11-17-34-15-7-9-21-39(34)44)45-24-12-18-35-16-8-10-22-40(35)45/h1-32H. The van der Waals surface area contributed by atoms with Gasteiger partial charge in [0.2, 0.25) is 0 Å². The number of benzene rings is 9. The highest BCUT2D eigenvalue weighted by molar-refractivity contribution is 7.26. The highest BCUT2D eigenvalue weighted by atomic mass is 32.1. The van der Waals surface area contributed by atoms with E-state index in [4.69, 9.17) is 0 Å². The average Bonchev–Trinajstić information content (AvgIpc) is 3.77. The van der Waals surface area contributed by atoms with E-state index in [0.29, 0.717) is 0 Å². The van der Waals surface area contributed by atoms with Gasteiger partial charge in [-0.3, -0.25) is 0 Å². The minimum Gasteiger partial charge on any atom is -0.309 e. The van der Waals surface area contributed by atoms with E-state index in [1.54, 1.807) is 0 Å². The third kappa shape index (κ3) is 4.71. The van der Waals surface area contributed by atoms with E-state index in [1.165, 1.54) is 74.6 Å². The van der Waals surface area contributed by atoms with Crippen LogP contribution in [-0.4, -0.2) is 4.57 Å². The lowest BCUT2D eigenvalue weighted by Gasteiger charge is -2.28. The molecule has 53 heavy (non-hydrogen) atoms. The van der Waals surface area contributed by atoms with Crippen molar-refractivity contribution in [2.45, 2.75) is 0 Å². The van der Waals surface area contributed by atoms with E-state index in [0.717, 1.165) is 22.7 Å². The van der Waals surface area contributed by atoms with Crippen LogP contribution >= 0.6 is 11.3 Å². The molecule has 0 N–H and O–H groups in total. The zero-order chi connectivity index (χ0) is 34.9. The molecule has 9 aromatic carbocycles. The average molecular weight is 693 g/mol. The molecule has 0 spiro atoms. The van der Waals surface area contributed by atoms with Gasteiger partial charge >= 0.3 is 0 Å². The van der Waals surface area contributed by atoms with Gasteiger partial charge in [0.05, 0.1) is 22.4 Å². The van der Waals surface area contributed by atoms with Crippen LogP contribution in [0.3, 0.4) is 0 Å². The van der Waals surface area contributed by atoms with Gasteiger partial charge in [0.1, 0.15) is 0 Å². The van der Waals surface area contributed by atoms with E-state index in [2.05, 4.69) is 204 Å². The van der Waals surface area contributed by atoms with Crippen molar-refractivity contribution in [2.75, 3.05) is 4.90 Å². The maximum atomic E-state index is 2.48. The van der Waals surface area contributed by atoms with Crippen LogP contribution in [0.25, 0.3) is 80.3 Å². The number of anilines is 3. The van der Waals surface area contributed by atoms with Gasteiger partial charge in [-0.1, -0.05) is 133 Å². The first kappa shape index (κ1) is 30.0. The van der Waals surface area contributed by atoms with Gasteiger partial charge in [0, 0.05) is 53.1 Å². The second-order valence-corrected chi connectivity index (χ2v) is 14.8. The normalized spacial score (nSPS) is 11.8. The number of rotatable bonds is 5. The number of para-hydroxylation sites is 1. The second kappa shape index (κ2) is 11.9. The van der Waals surface area contributed by atoms with Gasteiger partial charge in [-0.2, -0.15) is 0 Å². The fourth-order valence-electron chi connectivity index (χ4n) is 8.36. The summed E-state index contributed by atoms with van der Waals surface area (Å²) in [6, 6.07) is 70.9. The Bertz CT molecular complexity index is 3080. The first-order valence-electron chi connectivity index (χ1n) is 18.1. The number of nitrogens with zero attached hydrogens (tertiary/aromatic N) is 2. The van der Waals surface area contributed by atoms with Gasteiger partial charge in [0.15, 0.2) is 0 Å². The Labute approximate surface area is 311 Å². The van der Waals surface area contributed by atoms with Crippen LogP contribution in [0, 0.1) is 0 Å². The Morgan fingerprint density at radius 2 is 1.02 bits per heavy atom. The van der Waals surface area contributed by atoms with Crippen molar-refractivity contribution < 1.29 is 0 Å². The van der Waals surface area contributed by atoms with Crippen molar-refractivity contribution in [2.24, 2.45) is 0 Å². The van der Waals surface area contributed by atoms with Crippen LogP contribution in [0.2, 0.25) is 0 Å². The monoisotopic (exact) mass is 692 g/mol. The van der Waals surface area contributed by atoms with E-state index in [-0.39, 0.29) is 0 Å². The second-order valence-electron chi connectivity index (χ2n) is 13.7. The Kier molecular flexibility index (Phi) is 6.76. The van der Waals surface area contributed by atoms with E-state index in [9.17, 15) is 0 Å². The Morgan fingerprint density at radius 1 is 0.396 bits per heavy atom. The quantitative estimate of drug-likeness (QED) is 0.174. The molecule has 248 valence electrons. The largest absolute Gasteiger partial charge is 0.309 e. The number of fused-ring (bicyclic) bond motifs is 9. The van der Waals surface area contributed by atoms with E-state index >= 15 is 0 Å². The zero-order valence-electron chi connectivity index (χ0n) is 28.8. The Hall–Kier alpha value is -6.68. The van der Waals surface area contributed by atoms with Gasteiger partial charge in [-0.25, -0.2) is 0 Å². The van der Waals surface area contributed by atoms with Gasteiger partial charge < -0.3 is 9.47 Å². The van der Waals surface area contributed by atoms with Gasteiger partial charge in [-0.05, 0) is 82.6 Å². The summed E-state index contributed by atoms with van der Waals surface area (Å²) in [6.45, 7) is 0. The molecule has 0 saturated heterocycles. The van der Waals surface area contributed by atoms with Crippen LogP contribution in [0.4, 0.5) is 17.1 Å². The lowest BCUT2D eigenvalue weighted by molar-refractivity contribution is 1.19. The molecule has 0 aliphatic heterocycles. The summed E-state index contributed by atoms with van der Waals surface area (Å²) < 4.78 is 5.05. The molecule has 11 rings (SSSR count). The molecule has 0 bridgehead atoms. The molecule has 2 nitrogen and oxygen atoms in total. The SMILES string of the molecule is c1ccc(-c2ccc3c(c2)c2ccc4sc5ccc(N(c6cccc7ccccc67)c6cccc7ccccc67)cc5c4c2n3-c2ccccc2)cc1. The fourth-order valence-corrected chi connectivity index (χ4v) is 9.45. The topological polar surface area (TPSA) is 8.17 Å². The third-order valence-electron chi connectivity index (χ3n) is 10.7. The van der Waals surface area contributed by atoms with Crippen molar-refractivity contribution >= 4 is 91.9 Å². The number of aromatic nitrogens is 1. The van der Waals surface area contributed by atoms with Crippen LogP contribution < -0.4 is 4.90 Å². The summed E-state index contributed by atoms with van der Waals surface area (Å²) >= 11 is 1.88. The maximum absolute atomic E-state index is 2.48. The zero-order valence-corrected chi connectivity index (χ0v) is 29.6. The van der Waals surface area contributed by atoms with Crippen molar-refractivity contribution in [3.63, 3.8) is 0 Å². The van der Waals surface area contributed by atoms with Crippen LogP contribution in [0.1, 0.15) is 0 Å². The molecule has 0 saturated carbocycles. The molecular formula is C50H32N2S. The molecule has 3 heteroatoms. The molecule has 0 aliphatic rings. The summed E-state index contributed by atoms with van der Waals surface area (Å²) in [5, 5.41) is 9.97. The minimum absolute atomic E-state index is 1.13. The molecule has 0 amide bonds. The fraction of sp³-hybridized carbons (Fsp3) is 0. The lowest BCUT2D eigenvalue weighted by atomic mass is 10.0. The molecule has 0 radical (unpaired) electrons. The Morgan fingerprint density at radius 3 is 1.74 bits per heavy atom. The Balaban J connectivity index is 1.23. The van der Waals surface area contributed by atoms with Crippen molar-refractivity contribution in [1.29, 1.82) is 0 Å².